The van der Waals surface area contributed by atoms with Crippen LogP contribution in [0.15, 0.2) is 53.4 Å². The van der Waals surface area contributed by atoms with Gasteiger partial charge >= 0.3 is 0 Å². The van der Waals surface area contributed by atoms with E-state index < -0.39 is 32.7 Å². The van der Waals surface area contributed by atoms with E-state index in [1.165, 1.54) is 30.0 Å². The van der Waals surface area contributed by atoms with Crippen LogP contribution in [0.5, 0.6) is 0 Å². The fraction of sp³-hybridized carbons (Fsp3) is 0.435. The second-order valence-electron chi connectivity index (χ2n) is 7.81. The number of amides is 1. The fourth-order valence-corrected chi connectivity index (χ4v) is 5.34. The van der Waals surface area contributed by atoms with Crippen LogP contribution in [-0.4, -0.2) is 63.6 Å². The molecule has 0 aromatic heterocycles. The van der Waals surface area contributed by atoms with Crippen molar-refractivity contribution in [2.24, 2.45) is 0 Å². The van der Waals surface area contributed by atoms with E-state index in [-0.39, 0.29) is 13.0 Å². The highest BCUT2D eigenvalue weighted by Crippen LogP contribution is 2.15. The van der Waals surface area contributed by atoms with Crippen molar-refractivity contribution in [1.29, 1.82) is 0 Å². The number of benzene rings is 2. The molecule has 1 unspecified atom stereocenters. The van der Waals surface area contributed by atoms with Gasteiger partial charge in [0.25, 0.3) is 0 Å². The lowest BCUT2D eigenvalue weighted by Crippen LogP contribution is -2.46. The molecule has 0 bridgehead atoms. The molecular weight excluding hydrogens is 465 g/mol. The predicted molar refractivity (Wildman–Crippen MR) is 128 cm³/mol. The highest BCUT2D eigenvalue weighted by Gasteiger charge is 2.27. The van der Waals surface area contributed by atoms with Gasteiger partial charge in [0, 0.05) is 26.2 Å². The highest BCUT2D eigenvalue weighted by atomic mass is 32.2. The Morgan fingerprint density at radius 3 is 2.61 bits per heavy atom. The van der Waals surface area contributed by atoms with Gasteiger partial charge in [-0.05, 0) is 41.7 Å². The Morgan fingerprint density at radius 1 is 1.15 bits per heavy atom. The van der Waals surface area contributed by atoms with Gasteiger partial charge in [-0.15, -0.1) is 0 Å². The molecule has 1 heterocycles. The lowest BCUT2D eigenvalue weighted by molar-refractivity contribution is -0.122. The number of rotatable bonds is 11. The third-order valence-corrected chi connectivity index (χ3v) is 7.47. The molecule has 1 aliphatic rings. The van der Waals surface area contributed by atoms with Crippen LogP contribution in [0.25, 0.3) is 0 Å². The summed E-state index contributed by atoms with van der Waals surface area (Å²) in [5, 5.41) is 2.82. The number of halogens is 1. The van der Waals surface area contributed by atoms with E-state index in [2.05, 4.69) is 14.9 Å². The summed E-state index contributed by atoms with van der Waals surface area (Å²) < 4.78 is 47.2. The molecule has 0 saturated carbocycles. The third kappa shape index (κ3) is 7.79. The average molecular weight is 496 g/mol. The number of carbonyl (C=O) groups is 1. The molecule has 1 amide bonds. The zero-order chi connectivity index (χ0) is 23.7. The number of nitrogens with zero attached hydrogens (tertiary/aromatic N) is 1. The van der Waals surface area contributed by atoms with Crippen molar-refractivity contribution in [2.75, 3.05) is 38.3 Å². The number of carbonyl (C=O) groups excluding carboxylic acids is 1. The van der Waals surface area contributed by atoms with Crippen molar-refractivity contribution in [3.8, 4) is 0 Å². The Bertz CT molecular complexity index is 1030. The van der Waals surface area contributed by atoms with E-state index in [1.54, 1.807) is 0 Å². The summed E-state index contributed by atoms with van der Waals surface area (Å²) in [6, 6.07) is 12.1. The summed E-state index contributed by atoms with van der Waals surface area (Å²) in [6.45, 7) is 4.32. The Hall–Kier alpha value is -1.98. The van der Waals surface area contributed by atoms with Crippen molar-refractivity contribution in [3.05, 3.63) is 65.5 Å². The van der Waals surface area contributed by atoms with E-state index in [0.29, 0.717) is 5.75 Å². The summed E-state index contributed by atoms with van der Waals surface area (Å²) in [7, 11) is -4.18. The predicted octanol–water partition coefficient (Wildman–Crippen LogP) is 2.37. The van der Waals surface area contributed by atoms with Crippen LogP contribution in [0.3, 0.4) is 0 Å². The topological polar surface area (TPSA) is 87.7 Å². The minimum atomic E-state index is -4.18. The van der Waals surface area contributed by atoms with Gasteiger partial charge in [-0.25, -0.2) is 12.8 Å². The summed E-state index contributed by atoms with van der Waals surface area (Å²) >= 11 is 1.50. The number of morpholine rings is 1. The lowest BCUT2D eigenvalue weighted by atomic mass is 10.1. The second kappa shape index (κ2) is 12.5. The van der Waals surface area contributed by atoms with Gasteiger partial charge in [-0.2, -0.15) is 16.5 Å². The van der Waals surface area contributed by atoms with E-state index in [9.17, 15) is 17.6 Å². The number of ether oxygens (including phenoxy) is 1. The second-order valence-corrected chi connectivity index (χ2v) is 10.5. The largest absolute Gasteiger partial charge is 0.379 e. The monoisotopic (exact) mass is 495 g/mol. The number of sulfonamides is 1. The van der Waals surface area contributed by atoms with Crippen molar-refractivity contribution in [2.45, 2.75) is 30.4 Å². The molecule has 33 heavy (non-hydrogen) atoms. The van der Waals surface area contributed by atoms with Crippen LogP contribution >= 0.6 is 11.8 Å². The lowest BCUT2D eigenvalue weighted by Gasteiger charge is -2.26. The summed E-state index contributed by atoms with van der Waals surface area (Å²) in [5.41, 5.74) is 2.07. The van der Waals surface area contributed by atoms with Crippen LogP contribution < -0.4 is 10.0 Å². The number of hydrogen-bond donors (Lipinski definition) is 2. The van der Waals surface area contributed by atoms with Crippen molar-refractivity contribution in [3.63, 3.8) is 0 Å². The molecular formula is C23H30FN3O4S2. The van der Waals surface area contributed by atoms with Gasteiger partial charge in [0.15, 0.2) is 0 Å². The summed E-state index contributed by atoms with van der Waals surface area (Å²) in [5.74, 6) is -0.721. The molecule has 180 valence electrons. The first kappa shape index (κ1) is 25.6. The molecule has 3 rings (SSSR count). The number of nitrogens with one attached hydrogen (secondary N) is 2. The molecule has 2 N–H and O–H groups in total. The maximum absolute atomic E-state index is 14.0. The molecule has 1 atom stereocenters. The van der Waals surface area contributed by atoms with Crippen molar-refractivity contribution < 1.29 is 22.3 Å². The van der Waals surface area contributed by atoms with E-state index in [4.69, 9.17) is 4.74 Å². The standard InChI is InChI=1S/C23H30FN3O4S2/c1-32-14-9-21(26-33(29,30)22-8-3-2-7-20(22)24)23(28)25-16-18-5-4-6-19(15-18)17-27-10-12-31-13-11-27/h2-8,15,21,26H,9-14,16-17H2,1H3,(H,25,28). The van der Waals surface area contributed by atoms with Gasteiger partial charge in [0.1, 0.15) is 16.8 Å². The Balaban J connectivity index is 1.63. The highest BCUT2D eigenvalue weighted by molar-refractivity contribution is 7.98. The molecule has 0 aliphatic carbocycles. The third-order valence-electron chi connectivity index (χ3n) is 5.32. The molecule has 0 radical (unpaired) electrons. The quantitative estimate of drug-likeness (QED) is 0.498. The van der Waals surface area contributed by atoms with Crippen LogP contribution in [0.2, 0.25) is 0 Å². The van der Waals surface area contributed by atoms with Crippen molar-refractivity contribution >= 4 is 27.7 Å². The Kier molecular flexibility index (Phi) is 9.69. The first-order valence-electron chi connectivity index (χ1n) is 10.8. The van der Waals surface area contributed by atoms with Gasteiger partial charge in [0.05, 0.1) is 13.2 Å². The van der Waals surface area contributed by atoms with Gasteiger partial charge < -0.3 is 10.1 Å². The van der Waals surface area contributed by atoms with Crippen molar-refractivity contribution in [1.82, 2.24) is 14.9 Å². The molecule has 10 heteroatoms. The summed E-state index contributed by atoms with van der Waals surface area (Å²) in [4.78, 5) is 14.7. The zero-order valence-corrected chi connectivity index (χ0v) is 20.3. The number of hydrogen-bond acceptors (Lipinski definition) is 6. The minimum Gasteiger partial charge on any atom is -0.379 e. The SMILES string of the molecule is CSCCC(NS(=O)(=O)c1ccccc1F)C(=O)NCc1cccc(CN2CCOCC2)c1. The minimum absolute atomic E-state index is 0.271. The molecule has 0 spiro atoms. The smallest absolute Gasteiger partial charge is 0.244 e. The van der Waals surface area contributed by atoms with E-state index in [1.807, 2.05) is 30.5 Å². The molecule has 1 saturated heterocycles. The van der Waals surface area contributed by atoms with Crippen LogP contribution in [0.4, 0.5) is 4.39 Å². The maximum atomic E-state index is 14.0. The van der Waals surface area contributed by atoms with Gasteiger partial charge in [-0.1, -0.05) is 36.4 Å². The van der Waals surface area contributed by atoms with E-state index in [0.717, 1.165) is 50.0 Å². The van der Waals surface area contributed by atoms with Crippen LogP contribution in [0.1, 0.15) is 17.5 Å². The maximum Gasteiger partial charge on any atom is 0.244 e. The van der Waals surface area contributed by atoms with Gasteiger partial charge in [0.2, 0.25) is 15.9 Å². The normalized spacial score (nSPS) is 15.8. The summed E-state index contributed by atoms with van der Waals surface area (Å²) in [6.07, 6.45) is 2.16. The average Bonchev–Trinajstić information content (AvgIpc) is 2.81. The Labute approximate surface area is 199 Å². The first-order valence-corrected chi connectivity index (χ1v) is 13.7. The molecule has 7 nitrogen and oxygen atoms in total. The zero-order valence-electron chi connectivity index (χ0n) is 18.6. The van der Waals surface area contributed by atoms with Crippen LogP contribution in [-0.2, 0) is 32.6 Å². The first-order chi connectivity index (χ1) is 15.9. The van der Waals surface area contributed by atoms with Gasteiger partial charge in [-0.3, -0.25) is 9.69 Å². The number of thioether (sulfide) groups is 1. The molecule has 1 fully saturated rings. The van der Waals surface area contributed by atoms with Crippen LogP contribution in [0, 0.1) is 5.82 Å². The van der Waals surface area contributed by atoms with E-state index >= 15 is 0 Å². The molecule has 2 aromatic carbocycles. The Morgan fingerprint density at radius 2 is 1.88 bits per heavy atom. The molecule has 1 aliphatic heterocycles. The fourth-order valence-electron chi connectivity index (χ4n) is 3.56. The molecule has 2 aromatic rings.